The number of carbonyl (C=O) groups excluding carboxylic acids is 1. The molecule has 0 saturated carbocycles. The Labute approximate surface area is 132 Å². The molecule has 9 heteroatoms. The minimum absolute atomic E-state index is 0.188. The van der Waals surface area contributed by atoms with E-state index < -0.39 is 12.2 Å². The molecule has 1 atom stereocenters. The quantitative estimate of drug-likeness (QED) is 0.665. The van der Waals surface area contributed by atoms with E-state index in [9.17, 15) is 9.18 Å². The lowest BCUT2D eigenvalue weighted by atomic mass is 10.2. The lowest BCUT2D eigenvalue weighted by Gasteiger charge is -2.29. The van der Waals surface area contributed by atoms with Crippen LogP contribution in [0, 0.1) is 11.2 Å². The maximum atomic E-state index is 14.4. The molecule has 1 amide bonds. The van der Waals surface area contributed by atoms with Gasteiger partial charge in [0, 0.05) is 13.1 Å². The monoisotopic (exact) mass is 322 g/mol. The van der Waals surface area contributed by atoms with E-state index in [2.05, 4.69) is 10.5 Å². The first-order chi connectivity index (χ1) is 11.2. The first kappa shape index (κ1) is 15.3. The summed E-state index contributed by atoms with van der Waals surface area (Å²) in [4.78, 5) is 15.2. The Bertz CT molecular complexity index is 629. The number of rotatable bonds is 4. The molecule has 2 saturated heterocycles. The molecule has 1 aromatic carbocycles. The summed E-state index contributed by atoms with van der Waals surface area (Å²) in [6, 6.07) is 4.69. The lowest BCUT2D eigenvalue weighted by molar-refractivity contribution is 0.122. The molecule has 0 radical (unpaired) electrons. The Kier molecular flexibility index (Phi) is 4.43. The molecule has 0 aromatic heterocycles. The molecule has 1 N–H and O–H groups in total. The van der Waals surface area contributed by atoms with Crippen LogP contribution in [0.2, 0.25) is 0 Å². The fourth-order valence-corrected chi connectivity index (χ4v) is 2.71. The van der Waals surface area contributed by atoms with Gasteiger partial charge in [0.05, 0.1) is 31.1 Å². The largest absolute Gasteiger partial charge is 0.442 e. The molecule has 0 bridgehead atoms. The predicted octanol–water partition coefficient (Wildman–Crippen LogP) is 1.35. The van der Waals surface area contributed by atoms with Crippen molar-refractivity contribution in [3.63, 3.8) is 0 Å². The first-order valence-corrected chi connectivity index (χ1v) is 7.36. The van der Waals surface area contributed by atoms with Gasteiger partial charge in [-0.3, -0.25) is 4.90 Å². The second kappa shape index (κ2) is 6.66. The number of morpholine rings is 1. The van der Waals surface area contributed by atoms with Crippen molar-refractivity contribution >= 4 is 17.5 Å². The van der Waals surface area contributed by atoms with Crippen LogP contribution in [0.3, 0.4) is 0 Å². The zero-order chi connectivity index (χ0) is 16.2. The fraction of sp³-hybridized carbons (Fsp3) is 0.500. The minimum Gasteiger partial charge on any atom is -0.442 e. The first-order valence-electron chi connectivity index (χ1n) is 7.36. The Hall–Kier alpha value is -2.60. The van der Waals surface area contributed by atoms with Crippen LogP contribution in [0.4, 0.5) is 20.6 Å². The van der Waals surface area contributed by atoms with Crippen molar-refractivity contribution in [3.05, 3.63) is 29.1 Å². The SMILES string of the molecule is N#[N+]NC[C@H]1CN(c2ccc(N3CCOCC3)c(F)c2)C(=O)O1. The average Bonchev–Trinajstić information content (AvgIpc) is 2.94. The number of hydrogen-bond acceptors (Lipinski definition) is 6. The Balaban J connectivity index is 1.72. The summed E-state index contributed by atoms with van der Waals surface area (Å²) >= 11 is 0. The number of halogens is 1. The second-order valence-corrected chi connectivity index (χ2v) is 5.31. The zero-order valence-corrected chi connectivity index (χ0v) is 12.4. The van der Waals surface area contributed by atoms with Gasteiger partial charge in [-0.25, -0.2) is 9.18 Å². The van der Waals surface area contributed by atoms with Gasteiger partial charge in [0.25, 0.3) is 5.39 Å². The van der Waals surface area contributed by atoms with Gasteiger partial charge in [0.2, 0.25) is 0 Å². The van der Waals surface area contributed by atoms with E-state index in [0.717, 1.165) is 0 Å². The van der Waals surface area contributed by atoms with Gasteiger partial charge >= 0.3 is 11.2 Å². The van der Waals surface area contributed by atoms with Crippen molar-refractivity contribution in [2.24, 2.45) is 0 Å². The molecular weight excluding hydrogens is 305 g/mol. The van der Waals surface area contributed by atoms with Crippen LogP contribution in [-0.2, 0) is 9.47 Å². The Morgan fingerprint density at radius 3 is 2.87 bits per heavy atom. The average molecular weight is 322 g/mol. The highest BCUT2D eigenvalue weighted by Gasteiger charge is 2.33. The van der Waals surface area contributed by atoms with Gasteiger partial charge in [-0.15, -0.1) is 0 Å². The Morgan fingerprint density at radius 1 is 1.39 bits per heavy atom. The van der Waals surface area contributed by atoms with Crippen molar-refractivity contribution in [2.75, 3.05) is 49.2 Å². The summed E-state index contributed by atoms with van der Waals surface area (Å²) in [5, 5.41) is 11.1. The van der Waals surface area contributed by atoms with Gasteiger partial charge in [0.1, 0.15) is 18.5 Å². The van der Waals surface area contributed by atoms with E-state index in [0.29, 0.717) is 37.7 Å². The van der Waals surface area contributed by atoms with Crippen LogP contribution in [0.25, 0.3) is 5.08 Å². The zero-order valence-electron chi connectivity index (χ0n) is 12.4. The van der Waals surface area contributed by atoms with Crippen molar-refractivity contribution in [1.82, 2.24) is 5.43 Å². The fourth-order valence-electron chi connectivity index (χ4n) is 2.71. The summed E-state index contributed by atoms with van der Waals surface area (Å²) in [7, 11) is 0. The van der Waals surface area contributed by atoms with Gasteiger partial charge < -0.3 is 14.4 Å². The number of anilines is 2. The van der Waals surface area contributed by atoms with Gasteiger partial charge in [-0.2, -0.15) is 0 Å². The van der Waals surface area contributed by atoms with Gasteiger partial charge in [-0.1, -0.05) is 0 Å². The van der Waals surface area contributed by atoms with E-state index >= 15 is 0 Å². The summed E-state index contributed by atoms with van der Waals surface area (Å²) in [6.45, 7) is 2.88. The molecule has 2 aliphatic rings. The predicted molar refractivity (Wildman–Crippen MR) is 80.1 cm³/mol. The van der Waals surface area contributed by atoms with Gasteiger partial charge in [-0.05, 0) is 23.6 Å². The van der Waals surface area contributed by atoms with Crippen LogP contribution in [0.5, 0.6) is 0 Å². The number of cyclic esters (lactones) is 1. The third-order valence-corrected chi connectivity index (χ3v) is 3.86. The highest BCUT2D eigenvalue weighted by molar-refractivity contribution is 5.90. The molecule has 23 heavy (non-hydrogen) atoms. The van der Waals surface area contributed by atoms with Crippen molar-refractivity contribution < 1.29 is 18.7 Å². The van der Waals surface area contributed by atoms with E-state index in [1.165, 1.54) is 11.0 Å². The molecule has 0 unspecified atom stereocenters. The van der Waals surface area contributed by atoms with Crippen LogP contribution >= 0.6 is 0 Å². The summed E-state index contributed by atoms with van der Waals surface area (Å²) in [6.07, 6.45) is -1.01. The molecule has 3 rings (SSSR count). The number of hydrogen-bond donors (Lipinski definition) is 1. The molecule has 2 heterocycles. The van der Waals surface area contributed by atoms with Gasteiger partial charge in [0.15, 0.2) is 0 Å². The van der Waals surface area contributed by atoms with E-state index in [-0.39, 0.29) is 18.9 Å². The van der Waals surface area contributed by atoms with E-state index in [1.54, 1.807) is 12.1 Å². The smallest absolute Gasteiger partial charge is 0.414 e. The van der Waals surface area contributed by atoms with Crippen molar-refractivity contribution in [1.29, 1.82) is 5.39 Å². The summed E-state index contributed by atoms with van der Waals surface area (Å²) < 4.78 is 24.8. The van der Waals surface area contributed by atoms with Crippen LogP contribution in [-0.4, -0.2) is 51.6 Å². The third kappa shape index (κ3) is 3.27. The van der Waals surface area contributed by atoms with E-state index in [1.807, 2.05) is 4.90 Å². The topological polar surface area (TPSA) is 82.2 Å². The van der Waals surface area contributed by atoms with Crippen LogP contribution in [0.1, 0.15) is 0 Å². The summed E-state index contributed by atoms with van der Waals surface area (Å²) in [5.74, 6) is -0.385. The normalized spacial score (nSPS) is 21.0. The van der Waals surface area contributed by atoms with Crippen LogP contribution in [0.15, 0.2) is 18.2 Å². The maximum absolute atomic E-state index is 14.4. The lowest BCUT2D eigenvalue weighted by Crippen LogP contribution is -2.36. The molecule has 8 nitrogen and oxygen atoms in total. The molecule has 2 aliphatic heterocycles. The standard InChI is InChI=1S/C14H17FN5O3/c15-12-7-10(1-2-13(12)19-3-5-22-6-4-19)20-9-11(8-17-18-16)23-14(20)21/h1-2,7,11,17H,3-6,8-9H2/q+1/t11-/m0/s1. The number of nitrogens with zero attached hydrogens (tertiary/aromatic N) is 4. The molecular formula is C14H17FN5O3+. The van der Waals surface area contributed by atoms with Crippen molar-refractivity contribution in [2.45, 2.75) is 6.10 Å². The number of benzene rings is 1. The number of nitrogens with one attached hydrogen (secondary N) is 1. The van der Waals surface area contributed by atoms with Crippen molar-refractivity contribution in [3.8, 4) is 0 Å². The molecule has 0 spiro atoms. The number of amides is 1. The number of ether oxygens (including phenoxy) is 2. The van der Waals surface area contributed by atoms with E-state index in [4.69, 9.17) is 14.9 Å². The maximum Gasteiger partial charge on any atom is 0.414 e. The minimum atomic E-state index is -0.548. The van der Waals surface area contributed by atoms with Crippen LogP contribution < -0.4 is 15.2 Å². The highest BCUT2D eigenvalue weighted by atomic mass is 19.1. The Morgan fingerprint density at radius 2 is 2.17 bits per heavy atom. The molecule has 122 valence electrons. The summed E-state index contributed by atoms with van der Waals surface area (Å²) in [5.41, 5.74) is 3.27. The third-order valence-electron chi connectivity index (χ3n) is 3.86. The second-order valence-electron chi connectivity index (χ2n) is 5.31. The highest BCUT2D eigenvalue weighted by Crippen LogP contribution is 2.28. The molecule has 2 fully saturated rings. The molecule has 1 aromatic rings. The number of carbonyl (C=O) groups is 1. The molecule has 0 aliphatic carbocycles. The number of diazo groups is 1.